The van der Waals surface area contributed by atoms with E-state index >= 15 is 0 Å². The highest BCUT2D eigenvalue weighted by molar-refractivity contribution is 9.10. The van der Waals surface area contributed by atoms with E-state index in [0.717, 1.165) is 23.3 Å². The van der Waals surface area contributed by atoms with Crippen molar-refractivity contribution >= 4 is 27.0 Å². The Labute approximate surface area is 100 Å². The van der Waals surface area contributed by atoms with Crippen molar-refractivity contribution in [2.75, 3.05) is 0 Å². The molecule has 2 aromatic heterocycles. The molecule has 3 heterocycles. The van der Waals surface area contributed by atoms with Crippen LogP contribution in [0.25, 0.3) is 11.0 Å². The van der Waals surface area contributed by atoms with Gasteiger partial charge < -0.3 is 0 Å². The molecule has 5 heteroatoms. The molecule has 0 aromatic carbocycles. The lowest BCUT2D eigenvalue weighted by molar-refractivity contribution is 0.558. The third-order valence-corrected chi connectivity index (χ3v) is 3.30. The number of halogens is 1. The van der Waals surface area contributed by atoms with Gasteiger partial charge in [0.25, 0.3) is 5.56 Å². The van der Waals surface area contributed by atoms with Crippen LogP contribution in [-0.2, 0) is 13.0 Å². The average Bonchev–Trinajstić information content (AvgIpc) is 2.59. The number of fused-ring (bicyclic) bond motifs is 2. The van der Waals surface area contributed by atoms with Crippen LogP contribution in [0.2, 0.25) is 0 Å². The van der Waals surface area contributed by atoms with Crippen molar-refractivity contribution in [2.45, 2.75) is 19.9 Å². The van der Waals surface area contributed by atoms with E-state index in [4.69, 9.17) is 0 Å². The SMILES string of the molecule is CC1Cc2nc3cc(Br)cnc3c(=O)n2C1. The molecule has 0 spiro atoms. The van der Waals surface area contributed by atoms with Gasteiger partial charge in [0, 0.05) is 23.6 Å². The van der Waals surface area contributed by atoms with Gasteiger partial charge in [-0.15, -0.1) is 0 Å². The van der Waals surface area contributed by atoms with E-state index in [2.05, 4.69) is 32.8 Å². The Morgan fingerprint density at radius 1 is 1.56 bits per heavy atom. The summed E-state index contributed by atoms with van der Waals surface area (Å²) in [5, 5.41) is 0. The molecule has 1 aliphatic rings. The zero-order valence-electron chi connectivity index (χ0n) is 8.77. The summed E-state index contributed by atoms with van der Waals surface area (Å²) in [6.07, 6.45) is 2.51. The number of hydrogen-bond acceptors (Lipinski definition) is 3. The molecule has 1 unspecified atom stereocenters. The van der Waals surface area contributed by atoms with Crippen LogP contribution in [0, 0.1) is 5.92 Å². The van der Waals surface area contributed by atoms with E-state index in [9.17, 15) is 4.79 Å². The zero-order chi connectivity index (χ0) is 11.3. The highest BCUT2D eigenvalue weighted by Crippen LogP contribution is 2.19. The van der Waals surface area contributed by atoms with E-state index in [0.29, 0.717) is 17.0 Å². The Kier molecular flexibility index (Phi) is 2.10. The number of pyridine rings is 1. The highest BCUT2D eigenvalue weighted by atomic mass is 79.9. The van der Waals surface area contributed by atoms with Crippen molar-refractivity contribution in [3.05, 3.63) is 32.9 Å². The summed E-state index contributed by atoms with van der Waals surface area (Å²) in [5.41, 5.74) is 1.12. The molecule has 0 bridgehead atoms. The second-order valence-corrected chi connectivity index (χ2v) is 5.19. The van der Waals surface area contributed by atoms with Gasteiger partial charge >= 0.3 is 0 Å². The number of hydrogen-bond donors (Lipinski definition) is 0. The summed E-state index contributed by atoms with van der Waals surface area (Å²) in [4.78, 5) is 20.8. The van der Waals surface area contributed by atoms with E-state index in [1.54, 1.807) is 10.8 Å². The van der Waals surface area contributed by atoms with Crippen LogP contribution in [0.3, 0.4) is 0 Å². The average molecular weight is 280 g/mol. The third-order valence-electron chi connectivity index (χ3n) is 2.87. The maximum absolute atomic E-state index is 12.1. The van der Waals surface area contributed by atoms with Crippen LogP contribution < -0.4 is 5.56 Å². The molecule has 0 fully saturated rings. The van der Waals surface area contributed by atoms with Gasteiger partial charge in [0.2, 0.25) is 0 Å². The molecule has 0 saturated carbocycles. The molecule has 4 nitrogen and oxygen atoms in total. The van der Waals surface area contributed by atoms with Gasteiger partial charge in [-0.25, -0.2) is 9.97 Å². The van der Waals surface area contributed by atoms with Crippen molar-refractivity contribution < 1.29 is 0 Å². The van der Waals surface area contributed by atoms with Crippen LogP contribution >= 0.6 is 15.9 Å². The van der Waals surface area contributed by atoms with Crippen LogP contribution in [-0.4, -0.2) is 14.5 Å². The molecule has 1 atom stereocenters. The summed E-state index contributed by atoms with van der Waals surface area (Å²) in [6.45, 7) is 2.89. The number of rotatable bonds is 0. The Bertz CT molecular complexity index is 635. The maximum Gasteiger partial charge on any atom is 0.280 e. The molecule has 2 aromatic rings. The molecule has 0 N–H and O–H groups in total. The smallest absolute Gasteiger partial charge is 0.280 e. The van der Waals surface area contributed by atoms with Crippen LogP contribution in [0.4, 0.5) is 0 Å². The molecule has 0 aliphatic carbocycles. The first kappa shape index (κ1) is 9.96. The maximum atomic E-state index is 12.1. The fraction of sp³-hybridized carbons (Fsp3) is 0.364. The van der Waals surface area contributed by atoms with Crippen molar-refractivity contribution in [1.82, 2.24) is 14.5 Å². The van der Waals surface area contributed by atoms with Crippen LogP contribution in [0.5, 0.6) is 0 Å². The van der Waals surface area contributed by atoms with Gasteiger partial charge in [-0.1, -0.05) is 6.92 Å². The van der Waals surface area contributed by atoms with Crippen molar-refractivity contribution in [2.24, 2.45) is 5.92 Å². The number of nitrogens with zero attached hydrogens (tertiary/aromatic N) is 3. The second-order valence-electron chi connectivity index (χ2n) is 4.27. The molecule has 82 valence electrons. The molecule has 0 amide bonds. The summed E-state index contributed by atoms with van der Waals surface area (Å²) in [5.74, 6) is 1.37. The Morgan fingerprint density at radius 2 is 2.38 bits per heavy atom. The lowest BCUT2D eigenvalue weighted by atomic mass is 10.1. The monoisotopic (exact) mass is 279 g/mol. The summed E-state index contributed by atoms with van der Waals surface area (Å²) in [6, 6.07) is 1.84. The third kappa shape index (κ3) is 1.38. The van der Waals surface area contributed by atoms with Crippen LogP contribution in [0.1, 0.15) is 12.7 Å². The predicted molar refractivity (Wildman–Crippen MR) is 64.4 cm³/mol. The van der Waals surface area contributed by atoms with E-state index in [1.165, 1.54) is 0 Å². The molecule has 0 radical (unpaired) electrons. The van der Waals surface area contributed by atoms with E-state index in [1.807, 2.05) is 6.07 Å². The van der Waals surface area contributed by atoms with Crippen molar-refractivity contribution in [1.29, 1.82) is 0 Å². The normalized spacial score (nSPS) is 19.0. The Balaban J connectivity index is 2.38. The Morgan fingerprint density at radius 3 is 3.19 bits per heavy atom. The summed E-state index contributed by atoms with van der Waals surface area (Å²) < 4.78 is 2.59. The fourth-order valence-electron chi connectivity index (χ4n) is 2.16. The second kappa shape index (κ2) is 3.38. The van der Waals surface area contributed by atoms with Crippen molar-refractivity contribution in [3.8, 4) is 0 Å². The lowest BCUT2D eigenvalue weighted by Crippen LogP contribution is -2.22. The Hall–Kier alpha value is -1.23. The van der Waals surface area contributed by atoms with Gasteiger partial charge in [0.05, 0.1) is 5.52 Å². The van der Waals surface area contributed by atoms with E-state index < -0.39 is 0 Å². The van der Waals surface area contributed by atoms with Crippen LogP contribution in [0.15, 0.2) is 21.5 Å². The largest absolute Gasteiger partial charge is 0.294 e. The standard InChI is InChI=1S/C11H10BrN3O/c1-6-2-9-14-8-3-7(12)4-13-10(8)11(16)15(9)5-6/h3-4,6H,2,5H2,1H3. The van der Waals surface area contributed by atoms with Gasteiger partial charge in [-0.3, -0.25) is 9.36 Å². The van der Waals surface area contributed by atoms with E-state index in [-0.39, 0.29) is 5.56 Å². The van der Waals surface area contributed by atoms with Gasteiger partial charge in [0.15, 0.2) is 5.52 Å². The van der Waals surface area contributed by atoms with Gasteiger partial charge in [-0.05, 0) is 27.9 Å². The van der Waals surface area contributed by atoms with Gasteiger partial charge in [-0.2, -0.15) is 0 Å². The first-order valence-corrected chi connectivity index (χ1v) is 5.99. The minimum atomic E-state index is -0.0168. The topological polar surface area (TPSA) is 47.8 Å². The highest BCUT2D eigenvalue weighted by Gasteiger charge is 2.21. The zero-order valence-corrected chi connectivity index (χ0v) is 10.4. The lowest BCUT2D eigenvalue weighted by Gasteiger charge is -2.03. The molecular formula is C11H10BrN3O. The van der Waals surface area contributed by atoms with Gasteiger partial charge in [0.1, 0.15) is 5.82 Å². The number of aromatic nitrogens is 3. The molecule has 16 heavy (non-hydrogen) atoms. The minimum Gasteiger partial charge on any atom is -0.294 e. The molecule has 1 aliphatic heterocycles. The molecule has 0 saturated heterocycles. The summed E-state index contributed by atoms with van der Waals surface area (Å²) >= 11 is 3.34. The first-order chi connectivity index (χ1) is 7.65. The predicted octanol–water partition coefficient (Wildman–Crippen LogP) is 1.75. The first-order valence-electron chi connectivity index (χ1n) is 5.20. The molecular weight excluding hydrogens is 270 g/mol. The quantitative estimate of drug-likeness (QED) is 0.738. The fourth-order valence-corrected chi connectivity index (χ4v) is 2.47. The summed E-state index contributed by atoms with van der Waals surface area (Å²) in [7, 11) is 0. The van der Waals surface area contributed by atoms with Crippen molar-refractivity contribution in [3.63, 3.8) is 0 Å². The minimum absolute atomic E-state index is 0.0168. The molecule has 3 rings (SSSR count).